The molecule has 0 spiro atoms. The highest BCUT2D eigenvalue weighted by Crippen LogP contribution is 2.66. The second-order valence-electron chi connectivity index (χ2n) is 7.97. The highest BCUT2D eigenvalue weighted by Gasteiger charge is 2.69. The van der Waals surface area contributed by atoms with Crippen molar-refractivity contribution in [2.24, 2.45) is 23.2 Å². The summed E-state index contributed by atoms with van der Waals surface area (Å²) < 4.78 is 47.2. The van der Waals surface area contributed by atoms with Crippen LogP contribution in [0.1, 0.15) is 51.4 Å². The molecular weight excluding hydrogens is 317 g/mol. The van der Waals surface area contributed by atoms with Crippen LogP contribution in [0.2, 0.25) is 0 Å². The lowest BCUT2D eigenvalue weighted by atomic mass is 9.53. The number of aliphatic hydroxyl groups excluding tert-OH is 1. The number of rotatable bonds is 1. The number of hydrogen-bond acceptors (Lipinski definition) is 2. The predicted molar refractivity (Wildman–Crippen MR) is 84.0 cm³/mol. The van der Waals surface area contributed by atoms with Gasteiger partial charge in [0.25, 0.3) is 0 Å². The Balaban J connectivity index is 1.65. The first kappa shape index (κ1) is 16.5. The Morgan fingerprint density at radius 1 is 1.21 bits per heavy atom. The van der Waals surface area contributed by atoms with Gasteiger partial charge in [0, 0.05) is 6.42 Å². The molecule has 5 atom stereocenters. The molecule has 0 heterocycles. The lowest BCUT2D eigenvalue weighted by Crippen LogP contribution is -2.55. The Morgan fingerprint density at radius 2 is 2.00 bits per heavy atom. The van der Waals surface area contributed by atoms with Gasteiger partial charge >= 0.3 is 6.18 Å². The van der Waals surface area contributed by atoms with Crippen molar-refractivity contribution in [2.45, 2.75) is 63.6 Å². The number of hydrogen-bond donors (Lipinski definition) is 1. The number of alkyl halides is 3. The Labute approximate surface area is 140 Å². The van der Waals surface area contributed by atoms with E-state index in [2.05, 4.69) is 6.08 Å². The van der Waals surface area contributed by atoms with Crippen LogP contribution in [0.5, 0.6) is 0 Å². The first-order valence-corrected chi connectivity index (χ1v) is 9.07. The van der Waals surface area contributed by atoms with Crippen molar-refractivity contribution < 1.29 is 23.0 Å². The minimum absolute atomic E-state index is 0.0776. The highest BCUT2D eigenvalue weighted by molar-refractivity contribution is 5.33. The molecule has 0 bridgehead atoms. The summed E-state index contributed by atoms with van der Waals surface area (Å²) in [6.45, 7) is 0. The summed E-state index contributed by atoms with van der Waals surface area (Å²) in [7, 11) is 1.68. The number of methoxy groups -OCH3 is 1. The topological polar surface area (TPSA) is 29.5 Å². The number of halogens is 3. The van der Waals surface area contributed by atoms with E-state index in [4.69, 9.17) is 4.74 Å². The van der Waals surface area contributed by atoms with E-state index in [1.54, 1.807) is 7.11 Å². The van der Waals surface area contributed by atoms with Gasteiger partial charge < -0.3 is 9.84 Å². The standard InChI is InChI=1S/C19H25F3O2/c1-24-12-3-5-13-11(10-12)2-4-15-14(13)8-9-18(19(20,21)22)16(15)6-7-17(18)23/h3,14-17,23H,2,4-10H2,1H3/t14-,15-,16+,17?,18-/m1/s1. The van der Waals surface area contributed by atoms with E-state index in [0.29, 0.717) is 19.3 Å². The third-order valence-electron chi connectivity index (χ3n) is 7.32. The van der Waals surface area contributed by atoms with Crippen LogP contribution in [0.25, 0.3) is 0 Å². The zero-order valence-corrected chi connectivity index (χ0v) is 14.0. The van der Waals surface area contributed by atoms with Gasteiger partial charge in [0.15, 0.2) is 0 Å². The predicted octanol–water partition coefficient (Wildman–Crippen LogP) is 4.75. The van der Waals surface area contributed by atoms with Crippen LogP contribution in [0, 0.1) is 23.2 Å². The summed E-state index contributed by atoms with van der Waals surface area (Å²) in [4.78, 5) is 0. The Kier molecular flexibility index (Phi) is 3.79. The third kappa shape index (κ3) is 2.12. The highest BCUT2D eigenvalue weighted by atomic mass is 19.4. The summed E-state index contributed by atoms with van der Waals surface area (Å²) in [5, 5.41) is 10.2. The van der Waals surface area contributed by atoms with Crippen LogP contribution >= 0.6 is 0 Å². The fourth-order valence-electron chi connectivity index (χ4n) is 6.24. The minimum Gasteiger partial charge on any atom is -0.501 e. The number of aliphatic hydroxyl groups is 1. The average molecular weight is 342 g/mol. The zero-order chi connectivity index (χ0) is 17.1. The van der Waals surface area contributed by atoms with Gasteiger partial charge in [0.2, 0.25) is 0 Å². The first-order chi connectivity index (χ1) is 11.4. The summed E-state index contributed by atoms with van der Waals surface area (Å²) in [5.41, 5.74) is 0.923. The van der Waals surface area contributed by atoms with Crippen LogP contribution < -0.4 is 0 Å². The molecule has 0 aromatic carbocycles. The molecule has 5 heteroatoms. The van der Waals surface area contributed by atoms with Gasteiger partial charge in [-0.1, -0.05) is 11.1 Å². The van der Waals surface area contributed by atoms with Gasteiger partial charge in [-0.15, -0.1) is 0 Å². The van der Waals surface area contributed by atoms with E-state index in [0.717, 1.165) is 31.4 Å². The van der Waals surface area contributed by atoms with Crippen molar-refractivity contribution in [3.63, 3.8) is 0 Å². The molecule has 4 rings (SSSR count). The van der Waals surface area contributed by atoms with Gasteiger partial charge in [-0.05, 0) is 68.8 Å². The molecule has 4 aliphatic rings. The summed E-state index contributed by atoms with van der Waals surface area (Å²) in [6, 6.07) is 0. The molecule has 0 amide bonds. The smallest absolute Gasteiger partial charge is 0.397 e. The molecule has 0 radical (unpaired) electrons. The van der Waals surface area contributed by atoms with Gasteiger partial charge in [-0.25, -0.2) is 0 Å². The SMILES string of the molecule is COC1=CCC2=C(CC[C@@H]3[C@@H]2CC[C@]2(C(F)(F)F)C(O)CC[C@@H]32)C1. The maximum Gasteiger partial charge on any atom is 0.397 e. The quantitative estimate of drug-likeness (QED) is 0.697. The normalized spacial score (nSPS) is 42.1. The van der Waals surface area contributed by atoms with Crippen molar-refractivity contribution in [1.82, 2.24) is 0 Å². The fourth-order valence-corrected chi connectivity index (χ4v) is 6.24. The van der Waals surface area contributed by atoms with Crippen LogP contribution in [0.4, 0.5) is 13.2 Å². The lowest BCUT2D eigenvalue weighted by Gasteiger charge is -2.52. The van der Waals surface area contributed by atoms with E-state index >= 15 is 0 Å². The molecular formula is C19H25F3O2. The van der Waals surface area contributed by atoms with Gasteiger partial charge in [0.05, 0.1) is 24.4 Å². The molecule has 2 saturated carbocycles. The van der Waals surface area contributed by atoms with Crippen molar-refractivity contribution in [1.29, 1.82) is 0 Å². The molecule has 0 saturated heterocycles. The second-order valence-corrected chi connectivity index (χ2v) is 7.97. The second kappa shape index (κ2) is 5.52. The van der Waals surface area contributed by atoms with E-state index in [9.17, 15) is 18.3 Å². The van der Waals surface area contributed by atoms with E-state index < -0.39 is 23.6 Å². The molecule has 2 nitrogen and oxygen atoms in total. The Bertz CT molecular complexity index is 592. The Hall–Kier alpha value is -0.970. The van der Waals surface area contributed by atoms with E-state index in [-0.39, 0.29) is 18.3 Å². The summed E-state index contributed by atoms with van der Waals surface area (Å²) in [5.74, 6) is 0.931. The third-order valence-corrected chi connectivity index (χ3v) is 7.32. The first-order valence-electron chi connectivity index (χ1n) is 9.07. The van der Waals surface area contributed by atoms with Gasteiger partial charge in [-0.3, -0.25) is 0 Å². The minimum atomic E-state index is -4.30. The van der Waals surface area contributed by atoms with Crippen LogP contribution in [0.3, 0.4) is 0 Å². The van der Waals surface area contributed by atoms with Crippen LogP contribution in [-0.2, 0) is 4.74 Å². The van der Waals surface area contributed by atoms with E-state index in [1.165, 1.54) is 11.1 Å². The van der Waals surface area contributed by atoms with Crippen LogP contribution in [0.15, 0.2) is 23.0 Å². The number of fused-ring (bicyclic) bond motifs is 4. The number of allylic oxidation sites excluding steroid dienone is 3. The molecule has 134 valence electrons. The molecule has 24 heavy (non-hydrogen) atoms. The fraction of sp³-hybridized carbons (Fsp3) is 0.789. The zero-order valence-electron chi connectivity index (χ0n) is 14.0. The van der Waals surface area contributed by atoms with Crippen LogP contribution in [-0.4, -0.2) is 24.5 Å². The molecule has 4 aliphatic carbocycles. The largest absolute Gasteiger partial charge is 0.501 e. The average Bonchev–Trinajstić information content (AvgIpc) is 2.92. The molecule has 0 aromatic rings. The maximum atomic E-state index is 13.9. The van der Waals surface area contributed by atoms with E-state index in [1.807, 2.05) is 0 Å². The van der Waals surface area contributed by atoms with Gasteiger partial charge in [0.1, 0.15) is 0 Å². The lowest BCUT2D eigenvalue weighted by molar-refractivity contribution is -0.280. The molecule has 0 aromatic heterocycles. The monoisotopic (exact) mass is 342 g/mol. The van der Waals surface area contributed by atoms with Gasteiger partial charge in [-0.2, -0.15) is 13.2 Å². The molecule has 0 aliphatic heterocycles. The summed E-state index contributed by atoms with van der Waals surface area (Å²) >= 11 is 0. The van der Waals surface area contributed by atoms with Crippen molar-refractivity contribution in [3.05, 3.63) is 23.0 Å². The number of ether oxygens (including phenoxy) is 1. The van der Waals surface area contributed by atoms with Crippen molar-refractivity contribution in [2.75, 3.05) is 7.11 Å². The molecule has 1 N–H and O–H groups in total. The van der Waals surface area contributed by atoms with Crippen molar-refractivity contribution in [3.8, 4) is 0 Å². The molecule has 2 fully saturated rings. The maximum absolute atomic E-state index is 13.9. The molecule has 1 unspecified atom stereocenters. The Morgan fingerprint density at radius 3 is 2.71 bits per heavy atom. The summed E-state index contributed by atoms with van der Waals surface area (Å²) in [6.07, 6.45) is 1.41. The van der Waals surface area contributed by atoms with Crippen molar-refractivity contribution >= 4 is 0 Å².